The number of carbonyl (C=O) groups excluding carboxylic acids is 1. The van der Waals surface area contributed by atoms with E-state index < -0.39 is 0 Å². The molecule has 0 unspecified atom stereocenters. The highest BCUT2D eigenvalue weighted by Gasteiger charge is 2.10. The fourth-order valence-electron chi connectivity index (χ4n) is 1.91. The Hall–Kier alpha value is -2.16. The third kappa shape index (κ3) is 3.19. The van der Waals surface area contributed by atoms with E-state index in [0.717, 1.165) is 11.1 Å². The van der Waals surface area contributed by atoms with Crippen LogP contribution in [0.4, 0.5) is 10.1 Å². The smallest absolute Gasteiger partial charge is 0.182 e. The lowest BCUT2D eigenvalue weighted by Crippen LogP contribution is -2.16. The average Bonchev–Trinajstić information content (AvgIpc) is 2.40. The van der Waals surface area contributed by atoms with Gasteiger partial charge in [0, 0.05) is 5.56 Å². The predicted molar refractivity (Wildman–Crippen MR) is 75.1 cm³/mol. The third-order valence-corrected chi connectivity index (χ3v) is 3.01. The number of hydrogen-bond acceptors (Lipinski definition) is 2. The minimum absolute atomic E-state index is 0.0375. The van der Waals surface area contributed by atoms with Crippen LogP contribution in [0.25, 0.3) is 0 Å². The molecule has 0 amide bonds. The topological polar surface area (TPSA) is 29.1 Å². The molecule has 98 valence electrons. The summed E-state index contributed by atoms with van der Waals surface area (Å²) in [6.45, 7) is 3.93. The summed E-state index contributed by atoms with van der Waals surface area (Å²) in [6, 6.07) is 12.1. The zero-order valence-corrected chi connectivity index (χ0v) is 11.0. The number of halogens is 1. The van der Waals surface area contributed by atoms with Gasteiger partial charge in [-0.3, -0.25) is 4.79 Å². The molecular formula is C16H16FNO. The van der Waals surface area contributed by atoms with E-state index in [4.69, 9.17) is 0 Å². The summed E-state index contributed by atoms with van der Waals surface area (Å²) in [4.78, 5) is 12.1. The molecular weight excluding hydrogens is 241 g/mol. The predicted octanol–water partition coefficient (Wildman–Crippen LogP) is 3.74. The maximum atomic E-state index is 13.4. The van der Waals surface area contributed by atoms with Crippen molar-refractivity contribution in [3.05, 3.63) is 65.0 Å². The van der Waals surface area contributed by atoms with Crippen LogP contribution in [0.5, 0.6) is 0 Å². The minimum atomic E-state index is -0.351. The molecule has 0 saturated carbocycles. The molecule has 0 atom stereocenters. The maximum absolute atomic E-state index is 13.4. The minimum Gasteiger partial charge on any atom is -0.375 e. The molecule has 0 aromatic heterocycles. The number of rotatable bonds is 4. The molecule has 0 saturated heterocycles. The van der Waals surface area contributed by atoms with Crippen LogP contribution in [-0.2, 0) is 0 Å². The third-order valence-electron chi connectivity index (χ3n) is 3.01. The number of carbonyl (C=O) groups is 1. The van der Waals surface area contributed by atoms with Gasteiger partial charge in [-0.2, -0.15) is 0 Å². The normalized spacial score (nSPS) is 10.3. The Labute approximate surface area is 112 Å². The number of nitrogens with one attached hydrogen (secondary N) is 1. The Morgan fingerprint density at radius 2 is 1.89 bits per heavy atom. The fourth-order valence-corrected chi connectivity index (χ4v) is 1.91. The molecule has 0 aliphatic carbocycles. The van der Waals surface area contributed by atoms with E-state index >= 15 is 0 Å². The molecule has 0 aliphatic rings. The first-order valence-electron chi connectivity index (χ1n) is 6.17. The molecule has 2 aromatic rings. The van der Waals surface area contributed by atoms with Crippen LogP contribution < -0.4 is 5.32 Å². The summed E-state index contributed by atoms with van der Waals surface area (Å²) < 4.78 is 13.4. The van der Waals surface area contributed by atoms with Crippen LogP contribution in [0.2, 0.25) is 0 Å². The van der Waals surface area contributed by atoms with E-state index in [1.165, 1.54) is 6.07 Å². The Morgan fingerprint density at radius 1 is 1.16 bits per heavy atom. The number of ketones is 1. The van der Waals surface area contributed by atoms with Crippen molar-refractivity contribution < 1.29 is 9.18 Å². The van der Waals surface area contributed by atoms with Gasteiger partial charge in [0.1, 0.15) is 5.82 Å². The van der Waals surface area contributed by atoms with Gasteiger partial charge in [0.15, 0.2) is 5.78 Å². The fraction of sp³-hybridized carbons (Fsp3) is 0.188. The standard InChI is InChI=1S/C16H16FNO/c1-11-7-8-12(2)13(9-11)16(19)10-18-15-6-4-3-5-14(15)17/h3-9,18H,10H2,1-2H3. The highest BCUT2D eigenvalue weighted by atomic mass is 19.1. The Bertz CT molecular complexity index is 607. The first-order valence-corrected chi connectivity index (χ1v) is 6.17. The number of anilines is 1. The van der Waals surface area contributed by atoms with Crippen molar-refractivity contribution in [3.8, 4) is 0 Å². The molecule has 2 aromatic carbocycles. The van der Waals surface area contributed by atoms with Gasteiger partial charge in [-0.05, 0) is 37.6 Å². The zero-order valence-electron chi connectivity index (χ0n) is 11.0. The molecule has 0 aliphatic heterocycles. The van der Waals surface area contributed by atoms with Gasteiger partial charge >= 0.3 is 0 Å². The zero-order chi connectivity index (χ0) is 13.8. The van der Waals surface area contributed by atoms with Gasteiger partial charge < -0.3 is 5.32 Å². The van der Waals surface area contributed by atoms with Crippen molar-refractivity contribution >= 4 is 11.5 Å². The van der Waals surface area contributed by atoms with Crippen molar-refractivity contribution in [1.29, 1.82) is 0 Å². The second kappa shape index (κ2) is 5.65. The lowest BCUT2D eigenvalue weighted by Gasteiger charge is -2.09. The van der Waals surface area contributed by atoms with Crippen molar-refractivity contribution in [2.45, 2.75) is 13.8 Å². The van der Waals surface area contributed by atoms with Crippen LogP contribution in [0.3, 0.4) is 0 Å². The van der Waals surface area contributed by atoms with Crippen molar-refractivity contribution in [3.63, 3.8) is 0 Å². The van der Waals surface area contributed by atoms with Gasteiger partial charge in [-0.15, -0.1) is 0 Å². The summed E-state index contributed by atoms with van der Waals surface area (Å²) in [5.41, 5.74) is 3.01. The van der Waals surface area contributed by atoms with Gasteiger partial charge in [0.2, 0.25) is 0 Å². The molecule has 19 heavy (non-hydrogen) atoms. The molecule has 0 spiro atoms. The lowest BCUT2D eigenvalue weighted by molar-refractivity contribution is 0.101. The van der Waals surface area contributed by atoms with Crippen LogP contribution in [0.1, 0.15) is 21.5 Å². The summed E-state index contributed by atoms with van der Waals surface area (Å²) in [5, 5.41) is 2.83. The quantitative estimate of drug-likeness (QED) is 0.845. The second-order valence-corrected chi connectivity index (χ2v) is 4.57. The number of benzene rings is 2. The number of aryl methyl sites for hydroxylation is 2. The highest BCUT2D eigenvalue weighted by Crippen LogP contribution is 2.14. The van der Waals surface area contributed by atoms with E-state index in [-0.39, 0.29) is 18.1 Å². The van der Waals surface area contributed by atoms with E-state index in [2.05, 4.69) is 5.32 Å². The number of Topliss-reactive ketones (excluding diaryl/α,β-unsaturated/α-hetero) is 1. The molecule has 3 heteroatoms. The first-order chi connectivity index (χ1) is 9.08. The first kappa shape index (κ1) is 13.3. The lowest BCUT2D eigenvalue weighted by atomic mass is 10.0. The average molecular weight is 257 g/mol. The van der Waals surface area contributed by atoms with Gasteiger partial charge in [-0.25, -0.2) is 4.39 Å². The number of para-hydroxylation sites is 1. The Morgan fingerprint density at radius 3 is 2.63 bits per heavy atom. The van der Waals surface area contributed by atoms with Gasteiger partial charge in [0.05, 0.1) is 12.2 Å². The van der Waals surface area contributed by atoms with Crippen molar-refractivity contribution in [2.24, 2.45) is 0 Å². The molecule has 2 nitrogen and oxygen atoms in total. The van der Waals surface area contributed by atoms with E-state index in [1.54, 1.807) is 18.2 Å². The Balaban J connectivity index is 2.10. The number of hydrogen-bond donors (Lipinski definition) is 1. The molecule has 1 N–H and O–H groups in total. The molecule has 0 radical (unpaired) electrons. The van der Waals surface area contributed by atoms with Crippen molar-refractivity contribution in [2.75, 3.05) is 11.9 Å². The van der Waals surface area contributed by atoms with Crippen LogP contribution >= 0.6 is 0 Å². The largest absolute Gasteiger partial charge is 0.375 e. The second-order valence-electron chi connectivity index (χ2n) is 4.57. The van der Waals surface area contributed by atoms with Gasteiger partial charge in [-0.1, -0.05) is 29.8 Å². The van der Waals surface area contributed by atoms with Gasteiger partial charge in [0.25, 0.3) is 0 Å². The highest BCUT2D eigenvalue weighted by molar-refractivity contribution is 6.00. The van der Waals surface area contributed by atoms with Crippen molar-refractivity contribution in [1.82, 2.24) is 0 Å². The molecule has 0 heterocycles. The summed E-state index contributed by atoms with van der Waals surface area (Å²) in [6.07, 6.45) is 0. The van der Waals surface area contributed by atoms with Crippen LogP contribution in [0, 0.1) is 19.7 Å². The summed E-state index contributed by atoms with van der Waals surface area (Å²) in [7, 11) is 0. The van der Waals surface area contributed by atoms with Crippen LogP contribution in [-0.4, -0.2) is 12.3 Å². The molecule has 2 rings (SSSR count). The van der Waals surface area contributed by atoms with E-state index in [9.17, 15) is 9.18 Å². The summed E-state index contributed by atoms with van der Waals surface area (Å²) in [5.74, 6) is -0.388. The maximum Gasteiger partial charge on any atom is 0.182 e. The van der Waals surface area contributed by atoms with E-state index in [0.29, 0.717) is 11.3 Å². The van der Waals surface area contributed by atoms with Crippen LogP contribution in [0.15, 0.2) is 42.5 Å². The molecule has 0 fully saturated rings. The monoisotopic (exact) mass is 257 g/mol. The molecule has 0 bridgehead atoms. The summed E-state index contributed by atoms with van der Waals surface area (Å²) >= 11 is 0. The SMILES string of the molecule is Cc1ccc(C)c(C(=O)CNc2ccccc2F)c1. The van der Waals surface area contributed by atoms with E-state index in [1.807, 2.05) is 32.0 Å². The Kier molecular flexibility index (Phi) is 3.95.